The molecule has 0 aliphatic heterocycles. The molecule has 1 aromatic rings. The number of amides is 1. The van der Waals surface area contributed by atoms with Gasteiger partial charge in [-0.15, -0.1) is 11.8 Å². The van der Waals surface area contributed by atoms with Gasteiger partial charge < -0.3 is 11.5 Å². The number of carbonyl (C=O) groups excluding carboxylic acids is 1. The molecule has 1 amide bonds. The number of anilines is 1. The quantitative estimate of drug-likeness (QED) is 0.577. The lowest BCUT2D eigenvalue weighted by molar-refractivity contribution is -0.117. The molecule has 0 saturated carbocycles. The summed E-state index contributed by atoms with van der Waals surface area (Å²) in [5, 5.41) is 0. The van der Waals surface area contributed by atoms with Gasteiger partial charge >= 0.3 is 0 Å². The first-order chi connectivity index (χ1) is 8.82. The number of benzene rings is 1. The zero-order chi connectivity index (χ0) is 14.5. The molecule has 0 fully saturated rings. The van der Waals surface area contributed by atoms with Gasteiger partial charge in [0.25, 0.3) is 0 Å². The summed E-state index contributed by atoms with van der Waals surface area (Å²) < 4.78 is 23.2. The molecule has 0 unspecified atom stereocenters. The molecule has 19 heavy (non-hydrogen) atoms. The first kappa shape index (κ1) is 15.8. The van der Waals surface area contributed by atoms with E-state index in [0.717, 1.165) is 10.5 Å². The number of nitrogen functional groups attached to an aromatic ring is 1. The van der Waals surface area contributed by atoms with Gasteiger partial charge in [-0.2, -0.15) is 0 Å². The fourth-order valence-corrected chi connectivity index (χ4v) is 4.19. The van der Waals surface area contributed by atoms with E-state index in [-0.39, 0.29) is 17.9 Å². The molecule has 1 rings (SSSR count). The maximum atomic E-state index is 11.6. The molecular formula is C12H18N2O3S2. The minimum absolute atomic E-state index is 0.0122. The highest BCUT2D eigenvalue weighted by molar-refractivity contribution is 8.00. The van der Waals surface area contributed by atoms with Crippen LogP contribution in [0.15, 0.2) is 23.1 Å². The second-order valence-corrected chi connectivity index (χ2v) is 7.64. The predicted octanol–water partition coefficient (Wildman–Crippen LogP) is 0.960. The van der Waals surface area contributed by atoms with E-state index >= 15 is 0 Å². The van der Waals surface area contributed by atoms with Crippen LogP contribution in [0.2, 0.25) is 0 Å². The van der Waals surface area contributed by atoms with E-state index in [0.29, 0.717) is 11.4 Å². The van der Waals surface area contributed by atoms with E-state index in [9.17, 15) is 13.2 Å². The number of rotatable bonds is 7. The van der Waals surface area contributed by atoms with Gasteiger partial charge in [0.05, 0.1) is 11.5 Å². The summed E-state index contributed by atoms with van der Waals surface area (Å²) in [5.74, 6) is -0.363. The number of nitrogens with two attached hydrogens (primary N) is 2. The van der Waals surface area contributed by atoms with Crippen LogP contribution in [0.25, 0.3) is 0 Å². The van der Waals surface area contributed by atoms with Crippen LogP contribution in [-0.4, -0.2) is 31.6 Å². The van der Waals surface area contributed by atoms with Gasteiger partial charge in [-0.1, -0.05) is 12.1 Å². The average molecular weight is 302 g/mol. The summed E-state index contributed by atoms with van der Waals surface area (Å²) >= 11 is 1.40. The molecular weight excluding hydrogens is 284 g/mol. The Kier molecular flexibility index (Phi) is 5.68. The lowest BCUT2D eigenvalue weighted by Crippen LogP contribution is -2.19. The fraction of sp³-hybridized carbons (Fsp3) is 0.417. The molecule has 0 heterocycles. The van der Waals surface area contributed by atoms with Gasteiger partial charge in [-0.25, -0.2) is 8.42 Å². The van der Waals surface area contributed by atoms with Crippen LogP contribution >= 0.6 is 11.8 Å². The van der Waals surface area contributed by atoms with Crippen LogP contribution in [0.1, 0.15) is 12.0 Å². The summed E-state index contributed by atoms with van der Waals surface area (Å²) in [6.07, 6.45) is -0.125. The molecule has 106 valence electrons. The van der Waals surface area contributed by atoms with Gasteiger partial charge in [0.2, 0.25) is 5.91 Å². The molecule has 0 saturated heterocycles. The van der Waals surface area contributed by atoms with Gasteiger partial charge in [0.1, 0.15) is 0 Å². The van der Waals surface area contributed by atoms with Crippen molar-refractivity contribution in [1.29, 1.82) is 0 Å². The Morgan fingerprint density at radius 2 is 2.00 bits per heavy atom. The minimum atomic E-state index is -3.23. The zero-order valence-electron chi connectivity index (χ0n) is 10.8. The Labute approximate surface area is 117 Å². The third-order valence-corrected chi connectivity index (χ3v) is 5.58. The molecule has 0 bridgehead atoms. The van der Waals surface area contributed by atoms with Crippen molar-refractivity contribution >= 4 is 33.2 Å². The van der Waals surface area contributed by atoms with E-state index in [1.54, 1.807) is 0 Å². The SMILES string of the molecule is Cc1cccc(SCCS(=O)(=O)CCC(N)=O)c1N. The number of hydrogen-bond acceptors (Lipinski definition) is 5. The number of para-hydroxylation sites is 1. The van der Waals surface area contributed by atoms with E-state index < -0.39 is 15.7 Å². The monoisotopic (exact) mass is 302 g/mol. The lowest BCUT2D eigenvalue weighted by atomic mass is 10.2. The summed E-state index contributed by atoms with van der Waals surface area (Å²) in [6.45, 7) is 1.91. The first-order valence-corrected chi connectivity index (χ1v) is 8.59. The van der Waals surface area contributed by atoms with E-state index in [4.69, 9.17) is 11.5 Å². The Morgan fingerprint density at radius 1 is 1.32 bits per heavy atom. The number of aryl methyl sites for hydroxylation is 1. The number of sulfone groups is 1. The van der Waals surface area contributed by atoms with Gasteiger partial charge in [0, 0.05) is 22.8 Å². The van der Waals surface area contributed by atoms with Crippen molar-refractivity contribution in [2.24, 2.45) is 5.73 Å². The number of thioether (sulfide) groups is 1. The Hall–Kier alpha value is -1.21. The highest BCUT2D eigenvalue weighted by Crippen LogP contribution is 2.27. The second-order valence-electron chi connectivity index (χ2n) is 4.20. The van der Waals surface area contributed by atoms with Crippen LogP contribution < -0.4 is 11.5 Å². The number of hydrogen-bond donors (Lipinski definition) is 2. The molecule has 5 nitrogen and oxygen atoms in total. The van der Waals surface area contributed by atoms with Crippen molar-refractivity contribution in [3.8, 4) is 0 Å². The molecule has 0 aliphatic rings. The normalized spacial score (nSPS) is 11.4. The summed E-state index contributed by atoms with van der Waals surface area (Å²) in [7, 11) is -3.23. The van der Waals surface area contributed by atoms with E-state index in [1.165, 1.54) is 11.8 Å². The zero-order valence-corrected chi connectivity index (χ0v) is 12.4. The lowest BCUT2D eigenvalue weighted by Gasteiger charge is -2.08. The second kappa shape index (κ2) is 6.81. The maximum Gasteiger partial charge on any atom is 0.218 e. The van der Waals surface area contributed by atoms with Crippen LogP contribution in [-0.2, 0) is 14.6 Å². The molecule has 0 aliphatic carbocycles. The summed E-state index contributed by atoms with van der Waals surface area (Å²) in [5.41, 5.74) is 12.5. The summed E-state index contributed by atoms with van der Waals surface area (Å²) in [6, 6.07) is 5.65. The van der Waals surface area contributed by atoms with Crippen molar-refractivity contribution in [3.63, 3.8) is 0 Å². The largest absolute Gasteiger partial charge is 0.398 e. The van der Waals surface area contributed by atoms with Gasteiger partial charge in [-0.3, -0.25) is 4.79 Å². The first-order valence-electron chi connectivity index (χ1n) is 5.78. The molecule has 7 heteroatoms. The van der Waals surface area contributed by atoms with Crippen LogP contribution in [0.5, 0.6) is 0 Å². The van der Waals surface area contributed by atoms with Gasteiger partial charge in [-0.05, 0) is 18.6 Å². The highest BCUT2D eigenvalue weighted by Gasteiger charge is 2.13. The Morgan fingerprint density at radius 3 is 2.63 bits per heavy atom. The van der Waals surface area contributed by atoms with Crippen LogP contribution in [0, 0.1) is 6.92 Å². The van der Waals surface area contributed by atoms with Crippen molar-refractivity contribution < 1.29 is 13.2 Å². The summed E-state index contributed by atoms with van der Waals surface area (Å²) in [4.78, 5) is 11.4. The van der Waals surface area contributed by atoms with Crippen LogP contribution in [0.3, 0.4) is 0 Å². The molecule has 0 atom stereocenters. The smallest absolute Gasteiger partial charge is 0.218 e. The molecule has 0 radical (unpaired) electrons. The maximum absolute atomic E-state index is 11.6. The topological polar surface area (TPSA) is 103 Å². The van der Waals surface area contributed by atoms with Crippen molar-refractivity contribution in [2.75, 3.05) is 23.0 Å². The Bertz CT molecular complexity index is 556. The van der Waals surface area contributed by atoms with Crippen molar-refractivity contribution in [2.45, 2.75) is 18.2 Å². The van der Waals surface area contributed by atoms with Crippen LogP contribution in [0.4, 0.5) is 5.69 Å². The third kappa shape index (κ3) is 5.52. The highest BCUT2D eigenvalue weighted by atomic mass is 32.2. The fourth-order valence-electron chi connectivity index (χ4n) is 1.42. The van der Waals surface area contributed by atoms with E-state index in [1.807, 2.05) is 25.1 Å². The average Bonchev–Trinajstić information content (AvgIpc) is 2.32. The van der Waals surface area contributed by atoms with Crippen molar-refractivity contribution in [3.05, 3.63) is 23.8 Å². The molecule has 1 aromatic carbocycles. The Balaban J connectivity index is 2.50. The van der Waals surface area contributed by atoms with Gasteiger partial charge in [0.15, 0.2) is 9.84 Å². The van der Waals surface area contributed by atoms with Crippen molar-refractivity contribution in [1.82, 2.24) is 0 Å². The minimum Gasteiger partial charge on any atom is -0.398 e. The number of primary amides is 1. The third-order valence-electron chi connectivity index (χ3n) is 2.60. The molecule has 0 spiro atoms. The standard InChI is InChI=1S/C12H18N2O3S2/c1-9-3-2-4-10(12(9)14)18-6-8-19(16,17)7-5-11(13)15/h2-4H,5-8,14H2,1H3,(H2,13,15). The predicted molar refractivity (Wildman–Crippen MR) is 78.8 cm³/mol. The molecule has 4 N–H and O–H groups in total. The molecule has 0 aromatic heterocycles. The van der Waals surface area contributed by atoms with E-state index in [2.05, 4.69) is 0 Å². The number of carbonyl (C=O) groups is 1.